The van der Waals surface area contributed by atoms with Crippen molar-refractivity contribution in [3.8, 4) is 0 Å². The first-order valence-electron chi connectivity index (χ1n) is 9.80. The van der Waals surface area contributed by atoms with E-state index in [1.165, 1.54) is 83.1 Å². The molecule has 0 spiro atoms. The van der Waals surface area contributed by atoms with Crippen molar-refractivity contribution in [1.29, 1.82) is 0 Å². The Bertz CT molecular complexity index is 357. The zero-order valence-electron chi connectivity index (χ0n) is 15.0. The maximum atomic E-state index is 10.4. The van der Waals surface area contributed by atoms with E-state index in [4.69, 9.17) is 5.11 Å². The van der Waals surface area contributed by atoms with E-state index in [-0.39, 0.29) is 0 Å². The Kier molecular flexibility index (Phi) is 11.6. The lowest BCUT2D eigenvalue weighted by Crippen LogP contribution is -2.07. The van der Waals surface area contributed by atoms with Crippen molar-refractivity contribution in [2.75, 3.05) is 0 Å². The number of rotatable bonds is 13. The second-order valence-electron chi connectivity index (χ2n) is 7.06. The fourth-order valence-electron chi connectivity index (χ4n) is 3.86. The van der Waals surface area contributed by atoms with Gasteiger partial charge in [0.15, 0.2) is 0 Å². The van der Waals surface area contributed by atoms with E-state index in [2.05, 4.69) is 13.0 Å². The van der Waals surface area contributed by atoms with Gasteiger partial charge in [-0.3, -0.25) is 0 Å². The summed E-state index contributed by atoms with van der Waals surface area (Å²) >= 11 is 0. The number of hydrogen-bond acceptors (Lipinski definition) is 1. The highest BCUT2D eigenvalue weighted by molar-refractivity contribution is 5.80. The Morgan fingerprint density at radius 3 is 2.30 bits per heavy atom. The molecule has 0 aromatic heterocycles. The number of carboxylic acid groups (broad SMARTS) is 1. The lowest BCUT2D eigenvalue weighted by Gasteiger charge is -2.18. The molecule has 1 fully saturated rings. The fourth-order valence-corrected chi connectivity index (χ4v) is 3.86. The molecule has 0 aromatic rings. The number of aliphatic carboxylic acids is 1. The van der Waals surface area contributed by atoms with E-state index in [9.17, 15) is 4.79 Å². The highest BCUT2D eigenvalue weighted by Crippen LogP contribution is 2.38. The molecular formula is C21H36O2. The van der Waals surface area contributed by atoms with Gasteiger partial charge >= 0.3 is 5.97 Å². The van der Waals surface area contributed by atoms with Gasteiger partial charge in [-0.1, -0.05) is 95.8 Å². The van der Waals surface area contributed by atoms with E-state index in [0.29, 0.717) is 0 Å². The number of hydrogen-bond donors (Lipinski definition) is 1. The van der Waals surface area contributed by atoms with Crippen LogP contribution >= 0.6 is 0 Å². The Morgan fingerprint density at radius 2 is 1.61 bits per heavy atom. The number of unbranched alkanes of at least 4 members (excludes halogenated alkanes) is 6. The lowest BCUT2D eigenvalue weighted by atomic mass is 9.87. The van der Waals surface area contributed by atoms with E-state index in [1.807, 2.05) is 6.08 Å². The summed E-state index contributed by atoms with van der Waals surface area (Å²) in [4.78, 5) is 10.4. The molecule has 0 amide bonds. The van der Waals surface area contributed by atoms with Gasteiger partial charge < -0.3 is 5.11 Å². The molecule has 0 aliphatic heterocycles. The smallest absolute Gasteiger partial charge is 0.328 e. The van der Waals surface area contributed by atoms with Crippen molar-refractivity contribution in [2.24, 2.45) is 11.8 Å². The van der Waals surface area contributed by atoms with Crippen LogP contribution in [0.4, 0.5) is 0 Å². The van der Waals surface area contributed by atoms with Crippen molar-refractivity contribution in [3.63, 3.8) is 0 Å². The van der Waals surface area contributed by atoms with Crippen LogP contribution < -0.4 is 0 Å². The van der Waals surface area contributed by atoms with E-state index < -0.39 is 5.97 Å². The summed E-state index contributed by atoms with van der Waals surface area (Å²) in [7, 11) is 0. The van der Waals surface area contributed by atoms with Crippen LogP contribution in [0.15, 0.2) is 24.3 Å². The molecule has 0 heterocycles. The lowest BCUT2D eigenvalue weighted by molar-refractivity contribution is -0.131. The first kappa shape index (κ1) is 20.0. The first-order valence-corrected chi connectivity index (χ1v) is 9.80. The molecule has 132 valence electrons. The van der Waals surface area contributed by atoms with E-state index in [0.717, 1.165) is 18.3 Å². The van der Waals surface area contributed by atoms with Gasteiger partial charge in [0, 0.05) is 6.08 Å². The number of carbonyl (C=O) groups is 1. The fraction of sp³-hybridized carbons (Fsp3) is 0.762. The largest absolute Gasteiger partial charge is 0.478 e. The van der Waals surface area contributed by atoms with Crippen LogP contribution in [-0.2, 0) is 4.79 Å². The van der Waals surface area contributed by atoms with Gasteiger partial charge in [0.1, 0.15) is 0 Å². The van der Waals surface area contributed by atoms with E-state index >= 15 is 0 Å². The molecule has 1 rings (SSSR count). The van der Waals surface area contributed by atoms with Gasteiger partial charge in [0.2, 0.25) is 0 Å². The van der Waals surface area contributed by atoms with Crippen LogP contribution in [0.1, 0.15) is 90.4 Å². The Balaban J connectivity index is 2.08. The third kappa shape index (κ3) is 10.4. The predicted octanol–water partition coefficient (Wildman–Crippen LogP) is 6.52. The minimum Gasteiger partial charge on any atom is -0.478 e. The quantitative estimate of drug-likeness (QED) is 0.238. The molecule has 2 heteroatoms. The molecule has 0 unspecified atom stereocenters. The summed E-state index contributed by atoms with van der Waals surface area (Å²) in [5.41, 5.74) is 0. The normalized spacial score (nSPS) is 21.6. The van der Waals surface area contributed by atoms with E-state index in [1.54, 1.807) is 6.08 Å². The second kappa shape index (κ2) is 13.4. The summed E-state index contributed by atoms with van der Waals surface area (Å²) in [5, 5.41) is 8.52. The molecule has 1 N–H and O–H groups in total. The van der Waals surface area contributed by atoms with Crippen molar-refractivity contribution < 1.29 is 9.90 Å². The molecular weight excluding hydrogens is 284 g/mol. The molecule has 23 heavy (non-hydrogen) atoms. The molecule has 0 aromatic carbocycles. The molecule has 2 atom stereocenters. The second-order valence-corrected chi connectivity index (χ2v) is 7.06. The van der Waals surface area contributed by atoms with Crippen LogP contribution in [0, 0.1) is 11.8 Å². The summed E-state index contributed by atoms with van der Waals surface area (Å²) in [6.07, 6.45) is 24.7. The molecule has 0 bridgehead atoms. The van der Waals surface area contributed by atoms with Crippen molar-refractivity contribution in [1.82, 2.24) is 0 Å². The van der Waals surface area contributed by atoms with Crippen LogP contribution in [0.3, 0.4) is 0 Å². The topological polar surface area (TPSA) is 37.3 Å². The van der Waals surface area contributed by atoms with Gasteiger partial charge in [-0.15, -0.1) is 0 Å². The summed E-state index contributed by atoms with van der Waals surface area (Å²) in [6.45, 7) is 2.28. The maximum Gasteiger partial charge on any atom is 0.328 e. The van der Waals surface area contributed by atoms with Crippen molar-refractivity contribution in [3.05, 3.63) is 24.3 Å². The predicted molar refractivity (Wildman–Crippen MR) is 98.6 cm³/mol. The van der Waals surface area contributed by atoms with Crippen LogP contribution in [-0.4, -0.2) is 11.1 Å². The molecule has 1 aliphatic rings. The zero-order valence-corrected chi connectivity index (χ0v) is 15.0. The van der Waals surface area contributed by atoms with Gasteiger partial charge in [-0.2, -0.15) is 0 Å². The number of allylic oxidation sites excluding steroid dienone is 3. The highest BCUT2D eigenvalue weighted by Gasteiger charge is 2.25. The van der Waals surface area contributed by atoms with Crippen molar-refractivity contribution in [2.45, 2.75) is 90.4 Å². The van der Waals surface area contributed by atoms with Crippen molar-refractivity contribution >= 4 is 5.97 Å². The standard InChI is InChI=1S/C21H36O2/c1-2-3-4-5-6-7-10-14-19-16-13-17-20(19)15-11-8-9-12-18-21(22)23/h8-9,12,18-20H,2-7,10-11,13-17H2,1H3,(H,22,23)/t19-,20-/m0/s1. The Morgan fingerprint density at radius 1 is 0.957 bits per heavy atom. The maximum absolute atomic E-state index is 10.4. The molecule has 1 saturated carbocycles. The van der Waals surface area contributed by atoms with Gasteiger partial charge in [0.05, 0.1) is 0 Å². The Labute approximate surface area is 143 Å². The van der Waals surface area contributed by atoms with Gasteiger partial charge in [-0.25, -0.2) is 4.79 Å². The average Bonchev–Trinajstić information content (AvgIpc) is 2.97. The summed E-state index contributed by atoms with van der Waals surface area (Å²) in [5.74, 6) is 0.983. The first-order chi connectivity index (χ1) is 11.2. The molecule has 0 radical (unpaired) electrons. The van der Waals surface area contributed by atoms with Gasteiger partial charge in [-0.05, 0) is 24.7 Å². The number of carboxylic acids is 1. The highest BCUT2D eigenvalue weighted by atomic mass is 16.4. The zero-order chi connectivity index (χ0) is 16.8. The molecule has 1 aliphatic carbocycles. The minimum absolute atomic E-state index is 0.875. The van der Waals surface area contributed by atoms with Crippen LogP contribution in [0.25, 0.3) is 0 Å². The minimum atomic E-state index is -0.875. The van der Waals surface area contributed by atoms with Crippen LogP contribution in [0.5, 0.6) is 0 Å². The summed E-state index contributed by atoms with van der Waals surface area (Å²) in [6, 6.07) is 0. The molecule has 2 nitrogen and oxygen atoms in total. The summed E-state index contributed by atoms with van der Waals surface area (Å²) < 4.78 is 0. The molecule has 0 saturated heterocycles. The average molecular weight is 321 g/mol. The third-order valence-corrected chi connectivity index (χ3v) is 5.19. The Hall–Kier alpha value is -1.05. The van der Waals surface area contributed by atoms with Crippen LogP contribution in [0.2, 0.25) is 0 Å². The SMILES string of the molecule is CCCCCCCCC[C@H]1CCC[C@@H]1CCC=CC=CC(=O)O. The van der Waals surface area contributed by atoms with Gasteiger partial charge in [0.25, 0.3) is 0 Å². The monoisotopic (exact) mass is 320 g/mol. The third-order valence-electron chi connectivity index (χ3n) is 5.19.